The van der Waals surface area contributed by atoms with Gasteiger partial charge in [0.2, 0.25) is 0 Å². The van der Waals surface area contributed by atoms with Crippen LogP contribution in [0.4, 0.5) is 19.0 Å². The number of halogens is 3. The summed E-state index contributed by atoms with van der Waals surface area (Å²) >= 11 is 0. The van der Waals surface area contributed by atoms with Gasteiger partial charge < -0.3 is 19.7 Å². The third-order valence-electron chi connectivity index (χ3n) is 4.46. The van der Waals surface area contributed by atoms with Crippen LogP contribution in [-0.4, -0.2) is 43.2 Å². The predicted octanol–water partition coefficient (Wildman–Crippen LogP) is 3.27. The Morgan fingerprint density at radius 3 is 2.45 bits per heavy atom. The van der Waals surface area contributed by atoms with Crippen LogP contribution >= 0.6 is 0 Å². The third kappa shape index (κ3) is 5.75. The van der Waals surface area contributed by atoms with E-state index in [4.69, 9.17) is 9.47 Å². The van der Waals surface area contributed by atoms with Gasteiger partial charge in [-0.3, -0.25) is 4.79 Å². The molecule has 0 spiro atoms. The molecule has 156 valence electrons. The van der Waals surface area contributed by atoms with Crippen LogP contribution < -0.4 is 19.7 Å². The van der Waals surface area contributed by atoms with Gasteiger partial charge >= 0.3 is 6.18 Å². The summed E-state index contributed by atoms with van der Waals surface area (Å²) in [4.78, 5) is 17.9. The molecule has 2 heterocycles. The summed E-state index contributed by atoms with van der Waals surface area (Å²) in [5.41, 5.74) is -0.781. The molecular weight excluding hydrogens is 387 g/mol. The van der Waals surface area contributed by atoms with Crippen LogP contribution in [0, 0.1) is 0 Å². The summed E-state index contributed by atoms with van der Waals surface area (Å²) in [6.45, 7) is 3.43. The first-order valence-corrected chi connectivity index (χ1v) is 9.28. The highest BCUT2D eigenvalue weighted by Gasteiger charge is 2.31. The van der Waals surface area contributed by atoms with Crippen LogP contribution in [0.5, 0.6) is 11.5 Å². The number of carbonyl (C=O) groups excluding carboxylic acids is 1. The molecule has 1 aromatic heterocycles. The Morgan fingerprint density at radius 1 is 1.17 bits per heavy atom. The Kier molecular flexibility index (Phi) is 6.46. The van der Waals surface area contributed by atoms with Crippen molar-refractivity contribution in [3.05, 3.63) is 48.2 Å². The molecule has 2 aromatic rings. The number of hydrogen-bond donors (Lipinski definition) is 1. The van der Waals surface area contributed by atoms with E-state index in [-0.39, 0.29) is 18.6 Å². The molecular formula is C20H22F3N3O3. The lowest BCUT2D eigenvalue weighted by Gasteiger charge is -2.18. The molecule has 1 unspecified atom stereocenters. The molecule has 0 bridgehead atoms. The number of rotatable bonds is 7. The Hall–Kier alpha value is -2.97. The second-order valence-corrected chi connectivity index (χ2v) is 6.60. The molecule has 1 fully saturated rings. The number of benzene rings is 1. The molecule has 9 heteroatoms. The Morgan fingerprint density at radius 2 is 1.86 bits per heavy atom. The topological polar surface area (TPSA) is 63.7 Å². The number of ether oxygens (including phenoxy) is 2. The number of anilines is 1. The van der Waals surface area contributed by atoms with E-state index in [0.717, 1.165) is 18.0 Å². The highest BCUT2D eigenvalue weighted by atomic mass is 19.4. The van der Waals surface area contributed by atoms with E-state index in [0.29, 0.717) is 37.7 Å². The van der Waals surface area contributed by atoms with Gasteiger partial charge in [-0.2, -0.15) is 13.2 Å². The van der Waals surface area contributed by atoms with Crippen molar-refractivity contribution in [1.82, 2.24) is 10.3 Å². The summed E-state index contributed by atoms with van der Waals surface area (Å²) in [5, 5.41) is 2.88. The third-order valence-corrected chi connectivity index (χ3v) is 4.46. The zero-order chi connectivity index (χ0) is 20.9. The number of pyridine rings is 1. The van der Waals surface area contributed by atoms with Gasteiger partial charge in [-0.05, 0) is 49.7 Å². The molecule has 1 N–H and O–H groups in total. The van der Waals surface area contributed by atoms with Crippen LogP contribution in [0.3, 0.4) is 0 Å². The quantitative estimate of drug-likeness (QED) is 0.761. The minimum atomic E-state index is -4.41. The molecule has 1 aromatic carbocycles. The van der Waals surface area contributed by atoms with Crippen molar-refractivity contribution in [3.63, 3.8) is 0 Å². The second kappa shape index (κ2) is 9.02. The van der Waals surface area contributed by atoms with E-state index in [1.54, 1.807) is 24.3 Å². The lowest BCUT2D eigenvalue weighted by molar-refractivity contribution is -0.137. The van der Waals surface area contributed by atoms with Gasteiger partial charge in [-0.15, -0.1) is 0 Å². The van der Waals surface area contributed by atoms with Crippen molar-refractivity contribution < 1.29 is 27.4 Å². The lowest BCUT2D eigenvalue weighted by Crippen LogP contribution is -2.39. The number of aromatic nitrogens is 1. The van der Waals surface area contributed by atoms with Crippen molar-refractivity contribution in [3.8, 4) is 11.5 Å². The smallest absolute Gasteiger partial charge is 0.417 e. The maximum absolute atomic E-state index is 12.6. The zero-order valence-electron chi connectivity index (χ0n) is 15.9. The summed E-state index contributed by atoms with van der Waals surface area (Å²) in [6.07, 6.45) is -2.90. The van der Waals surface area contributed by atoms with E-state index in [1.807, 2.05) is 11.8 Å². The van der Waals surface area contributed by atoms with Crippen molar-refractivity contribution in [2.24, 2.45) is 0 Å². The number of alkyl halides is 3. The Bertz CT molecular complexity index is 810. The van der Waals surface area contributed by atoms with Gasteiger partial charge in [0, 0.05) is 25.3 Å². The molecule has 6 nitrogen and oxygen atoms in total. The fourth-order valence-electron chi connectivity index (χ4n) is 3.04. The van der Waals surface area contributed by atoms with E-state index in [9.17, 15) is 18.0 Å². The van der Waals surface area contributed by atoms with Crippen LogP contribution in [0.2, 0.25) is 0 Å². The first kappa shape index (κ1) is 20.8. The van der Waals surface area contributed by atoms with Crippen molar-refractivity contribution >= 4 is 11.7 Å². The van der Waals surface area contributed by atoms with Crippen LogP contribution in [0.15, 0.2) is 42.6 Å². The van der Waals surface area contributed by atoms with E-state index in [2.05, 4.69) is 10.3 Å². The average Bonchev–Trinajstić information content (AvgIpc) is 3.15. The van der Waals surface area contributed by atoms with E-state index >= 15 is 0 Å². The molecule has 0 saturated carbocycles. The zero-order valence-corrected chi connectivity index (χ0v) is 15.9. The van der Waals surface area contributed by atoms with Gasteiger partial charge in [0.25, 0.3) is 5.91 Å². The van der Waals surface area contributed by atoms with Gasteiger partial charge in [-0.1, -0.05) is 0 Å². The second-order valence-electron chi connectivity index (χ2n) is 6.60. The SMILES string of the molecule is CCOc1ccc(OCC(=O)NC2CCN(c3ccc(C(F)(F)F)cn3)C2)cc1. The molecule has 1 saturated heterocycles. The highest BCUT2D eigenvalue weighted by molar-refractivity contribution is 5.78. The number of amides is 1. The molecule has 1 aliphatic heterocycles. The minimum absolute atomic E-state index is 0.115. The van der Waals surface area contributed by atoms with Crippen LogP contribution in [0.25, 0.3) is 0 Å². The molecule has 29 heavy (non-hydrogen) atoms. The normalized spacial score (nSPS) is 16.6. The number of nitrogens with one attached hydrogen (secondary N) is 1. The molecule has 1 atom stereocenters. The van der Waals surface area contributed by atoms with Crippen LogP contribution in [-0.2, 0) is 11.0 Å². The molecule has 0 aliphatic carbocycles. The summed E-state index contributed by atoms with van der Waals surface area (Å²) < 4.78 is 48.7. The predicted molar refractivity (Wildman–Crippen MR) is 101 cm³/mol. The molecule has 3 rings (SSSR count). The Balaban J connectivity index is 1.45. The van der Waals surface area contributed by atoms with Crippen molar-refractivity contribution in [2.75, 3.05) is 31.2 Å². The molecule has 0 radical (unpaired) electrons. The van der Waals surface area contributed by atoms with Gasteiger partial charge in [0.15, 0.2) is 6.61 Å². The minimum Gasteiger partial charge on any atom is -0.494 e. The van der Waals surface area contributed by atoms with Gasteiger partial charge in [0.05, 0.1) is 12.2 Å². The summed E-state index contributed by atoms with van der Waals surface area (Å²) in [6, 6.07) is 9.24. The first-order valence-electron chi connectivity index (χ1n) is 9.28. The largest absolute Gasteiger partial charge is 0.494 e. The van der Waals surface area contributed by atoms with Gasteiger partial charge in [-0.25, -0.2) is 4.98 Å². The van der Waals surface area contributed by atoms with E-state index in [1.165, 1.54) is 6.07 Å². The standard InChI is InChI=1S/C20H22F3N3O3/c1-2-28-16-4-6-17(7-5-16)29-13-19(27)25-15-9-10-26(12-15)18-8-3-14(11-24-18)20(21,22)23/h3-8,11,15H,2,9-10,12-13H2,1H3,(H,25,27). The monoisotopic (exact) mass is 409 g/mol. The fraction of sp³-hybridized carbons (Fsp3) is 0.400. The maximum Gasteiger partial charge on any atom is 0.417 e. The number of hydrogen-bond acceptors (Lipinski definition) is 5. The maximum atomic E-state index is 12.6. The molecule has 1 amide bonds. The summed E-state index contributed by atoms with van der Waals surface area (Å²) in [7, 11) is 0. The van der Waals surface area contributed by atoms with Crippen molar-refractivity contribution in [2.45, 2.75) is 25.6 Å². The first-order chi connectivity index (χ1) is 13.8. The fourth-order valence-corrected chi connectivity index (χ4v) is 3.04. The number of carbonyl (C=O) groups is 1. The lowest BCUT2D eigenvalue weighted by atomic mass is 10.2. The van der Waals surface area contributed by atoms with Gasteiger partial charge in [0.1, 0.15) is 17.3 Å². The Labute approximate surface area is 166 Å². The highest BCUT2D eigenvalue weighted by Crippen LogP contribution is 2.29. The average molecular weight is 409 g/mol. The van der Waals surface area contributed by atoms with Crippen LogP contribution in [0.1, 0.15) is 18.9 Å². The van der Waals surface area contributed by atoms with Crippen molar-refractivity contribution in [1.29, 1.82) is 0 Å². The summed E-state index contributed by atoms with van der Waals surface area (Å²) in [5.74, 6) is 1.49. The molecule has 1 aliphatic rings. The van der Waals surface area contributed by atoms with E-state index < -0.39 is 11.7 Å². The number of nitrogens with zero attached hydrogens (tertiary/aromatic N) is 2.